The van der Waals surface area contributed by atoms with Gasteiger partial charge < -0.3 is 9.13 Å². The second-order valence-corrected chi connectivity index (χ2v) is 14.2. The Kier molecular flexibility index (Phi) is 9.29. The first-order valence-electron chi connectivity index (χ1n) is 20.0. The lowest BCUT2D eigenvalue weighted by atomic mass is 9.67. The van der Waals surface area contributed by atoms with Crippen molar-refractivity contribution in [1.82, 2.24) is 9.13 Å². The lowest BCUT2D eigenvalue weighted by Gasteiger charge is -2.34. The van der Waals surface area contributed by atoms with Crippen LogP contribution in [0.25, 0.3) is 68.3 Å². The topological polar surface area (TPSA) is 9.86 Å². The van der Waals surface area contributed by atoms with Crippen LogP contribution in [-0.2, 0) is 5.41 Å². The van der Waals surface area contributed by atoms with E-state index in [0.29, 0.717) is 0 Å². The molecule has 0 bridgehead atoms. The minimum Gasteiger partial charge on any atom is -0.309 e. The molecule has 0 amide bonds. The molecule has 0 aliphatic heterocycles. The van der Waals surface area contributed by atoms with E-state index in [0.717, 1.165) is 27.8 Å². The molecule has 0 saturated heterocycles. The van der Waals surface area contributed by atoms with E-state index in [1.165, 1.54) is 60.6 Å². The Balaban J connectivity index is 0.00000208. The van der Waals surface area contributed by atoms with Gasteiger partial charge in [0.15, 0.2) is 0 Å². The van der Waals surface area contributed by atoms with Gasteiger partial charge >= 0.3 is 0 Å². The fourth-order valence-electron chi connectivity index (χ4n) is 9.07. The molecule has 0 fully saturated rings. The summed E-state index contributed by atoms with van der Waals surface area (Å²) in [7, 11) is 0. The molecular weight excluding hydrogens is 689 g/mol. The Bertz CT molecular complexity index is 3100. The number of nitrogens with zero attached hydrogens (tertiary/aromatic N) is 2. The fraction of sp³-hybridized carbons (Fsp3) is 0.0909. The highest BCUT2D eigenvalue weighted by molar-refractivity contribution is 6.04. The predicted molar refractivity (Wildman–Crippen MR) is 242 cm³/mol. The maximum Gasteiger partial charge on any atom is 0.0714 e. The Hall–Kier alpha value is -7.08. The van der Waals surface area contributed by atoms with E-state index in [4.69, 9.17) is 0 Å². The Morgan fingerprint density at radius 3 is 2.04 bits per heavy atom. The van der Waals surface area contributed by atoms with Crippen molar-refractivity contribution in [2.45, 2.75) is 33.1 Å². The first-order valence-corrected chi connectivity index (χ1v) is 20.0. The third-order valence-corrected chi connectivity index (χ3v) is 11.3. The normalized spacial score (nSPS) is 15.0. The number of hydrogen-bond acceptors (Lipinski definition) is 0. The quantitative estimate of drug-likeness (QED) is 0.144. The van der Waals surface area contributed by atoms with Crippen LogP contribution >= 0.6 is 0 Å². The lowest BCUT2D eigenvalue weighted by Crippen LogP contribution is -2.29. The van der Waals surface area contributed by atoms with E-state index in [1.54, 1.807) is 0 Å². The number of rotatable bonds is 7. The molecule has 1 unspecified atom stereocenters. The molecule has 2 heterocycles. The summed E-state index contributed by atoms with van der Waals surface area (Å²) in [4.78, 5) is 0. The molecule has 2 aromatic heterocycles. The predicted octanol–water partition coefficient (Wildman–Crippen LogP) is 12.5. The highest BCUT2D eigenvalue weighted by atomic mass is 15.0. The van der Waals surface area contributed by atoms with Crippen LogP contribution in [0.15, 0.2) is 187 Å². The van der Waals surface area contributed by atoms with Crippen molar-refractivity contribution in [1.29, 1.82) is 0 Å². The number of para-hydroxylation sites is 2. The lowest BCUT2D eigenvalue weighted by molar-refractivity contribution is 0.763. The van der Waals surface area contributed by atoms with Crippen molar-refractivity contribution in [2.24, 2.45) is 0 Å². The third kappa shape index (κ3) is 5.58. The second-order valence-electron chi connectivity index (χ2n) is 14.2. The second kappa shape index (κ2) is 14.9. The minimum absolute atomic E-state index is 0.534. The summed E-state index contributed by atoms with van der Waals surface area (Å²) in [5, 5.41) is 4.71. The molecule has 6 aromatic carbocycles. The monoisotopic (exact) mass is 732 g/mol. The number of fused-ring (bicyclic) bond motifs is 5. The van der Waals surface area contributed by atoms with Crippen molar-refractivity contribution in [3.8, 4) is 22.5 Å². The van der Waals surface area contributed by atoms with Crippen molar-refractivity contribution >= 4 is 45.8 Å². The molecule has 57 heavy (non-hydrogen) atoms. The maximum absolute atomic E-state index is 3.57. The van der Waals surface area contributed by atoms with Crippen LogP contribution in [0.4, 0.5) is 0 Å². The molecule has 0 radical (unpaired) electrons. The zero-order valence-electron chi connectivity index (χ0n) is 32.9. The van der Waals surface area contributed by atoms with Gasteiger partial charge in [0.1, 0.15) is 0 Å². The standard InChI is InChI=1S/C53H38N2.C2H6/c1-3-5-20-40-34-37-19-15-16-28-47(37)53(40,39-21-9-6-10-22-39)41-31-32-45-51(36-41)55(43-25-13-8-14-26-43)50(18-4-2)52(45)38-30-33-49-46(35-38)44-27-17-29-48(44)54(49)42-23-11-7-12-24-42;1-2/h3-4,6-26,28-36H,1-2H3;1-2H3/b18-4-;. The van der Waals surface area contributed by atoms with E-state index >= 15 is 0 Å². The molecule has 0 N–H and O–H groups in total. The van der Waals surface area contributed by atoms with Crippen molar-refractivity contribution in [2.75, 3.05) is 0 Å². The Morgan fingerprint density at radius 1 is 0.632 bits per heavy atom. The van der Waals surface area contributed by atoms with E-state index in [9.17, 15) is 0 Å². The maximum atomic E-state index is 3.57. The van der Waals surface area contributed by atoms with Crippen molar-refractivity contribution in [3.63, 3.8) is 0 Å². The van der Waals surface area contributed by atoms with Crippen LogP contribution in [0, 0.1) is 0 Å². The summed E-state index contributed by atoms with van der Waals surface area (Å²) >= 11 is 0. The molecule has 2 heteroatoms. The fourth-order valence-corrected chi connectivity index (χ4v) is 9.07. The van der Waals surface area contributed by atoms with Gasteiger partial charge in [-0.05, 0) is 126 Å². The summed E-state index contributed by atoms with van der Waals surface area (Å²) in [5.74, 6) is 0. The zero-order chi connectivity index (χ0) is 38.9. The highest BCUT2D eigenvalue weighted by Crippen LogP contribution is 2.53. The van der Waals surface area contributed by atoms with Gasteiger partial charge in [-0.15, -0.1) is 11.5 Å². The molecule has 0 saturated carbocycles. The smallest absolute Gasteiger partial charge is 0.0714 e. The summed E-state index contributed by atoms with van der Waals surface area (Å²) < 4.78 is 4.80. The molecule has 1 atom stereocenters. The van der Waals surface area contributed by atoms with Crippen molar-refractivity contribution < 1.29 is 0 Å². The molecule has 2 aliphatic rings. The van der Waals surface area contributed by atoms with Gasteiger partial charge in [-0.25, -0.2) is 0 Å². The molecule has 8 aromatic rings. The van der Waals surface area contributed by atoms with E-state index in [-0.39, 0.29) is 0 Å². The van der Waals surface area contributed by atoms with Gasteiger partial charge in [-0.3, -0.25) is 0 Å². The molecule has 274 valence electrons. The third-order valence-electron chi connectivity index (χ3n) is 11.3. The van der Waals surface area contributed by atoms with Gasteiger partial charge in [0, 0.05) is 32.9 Å². The van der Waals surface area contributed by atoms with Gasteiger partial charge in [-0.2, -0.15) is 0 Å². The summed E-state index contributed by atoms with van der Waals surface area (Å²) in [6.07, 6.45) is 15.1. The number of aromatic nitrogens is 2. The number of hydrogen-bond donors (Lipinski definition) is 0. The first kappa shape index (κ1) is 35.6. The average molecular weight is 733 g/mol. The van der Waals surface area contributed by atoms with E-state index < -0.39 is 5.41 Å². The number of benzene rings is 6. The Labute approximate surface area is 335 Å². The van der Waals surface area contributed by atoms with Gasteiger partial charge in [0.2, 0.25) is 0 Å². The van der Waals surface area contributed by atoms with Crippen LogP contribution < -0.4 is 10.6 Å². The number of allylic oxidation sites excluding steroid dienone is 4. The molecule has 2 aliphatic carbocycles. The molecule has 0 spiro atoms. The average Bonchev–Trinajstić information content (AvgIpc) is 4.03. The molecule has 10 rings (SSSR count). The summed E-state index contributed by atoms with van der Waals surface area (Å²) in [6, 6.07) is 55.3. The van der Waals surface area contributed by atoms with E-state index in [2.05, 4.69) is 210 Å². The largest absolute Gasteiger partial charge is 0.309 e. The molecular formula is C55H44N2. The minimum atomic E-state index is -0.534. The zero-order valence-corrected chi connectivity index (χ0v) is 32.9. The van der Waals surface area contributed by atoms with Crippen LogP contribution in [0.3, 0.4) is 0 Å². The highest BCUT2D eigenvalue weighted by Gasteiger charge is 2.44. The van der Waals surface area contributed by atoms with Gasteiger partial charge in [0.25, 0.3) is 0 Å². The van der Waals surface area contributed by atoms with Crippen LogP contribution in [-0.4, -0.2) is 9.13 Å². The van der Waals surface area contributed by atoms with Crippen LogP contribution in [0.2, 0.25) is 0 Å². The molecule has 2 nitrogen and oxygen atoms in total. The van der Waals surface area contributed by atoms with Gasteiger partial charge in [0.05, 0.1) is 27.5 Å². The summed E-state index contributed by atoms with van der Waals surface area (Å²) in [6.45, 7) is 8.14. The van der Waals surface area contributed by atoms with E-state index in [1.807, 2.05) is 32.9 Å². The summed E-state index contributed by atoms with van der Waals surface area (Å²) in [5.41, 5.74) is 20.8. The SMILES string of the molecule is CC.CC=C=CC1=Cc2ccccc2C1(c1ccccc1)c1ccc2c(-c3ccc4c(c3)c3c(n4-c4ccccc4)=CC=C=3)c(/C=C\C)n(-c3ccccc3)c2c1. The van der Waals surface area contributed by atoms with Crippen LogP contribution in [0.1, 0.15) is 55.6 Å². The van der Waals surface area contributed by atoms with Crippen molar-refractivity contribution in [3.05, 3.63) is 226 Å². The van der Waals surface area contributed by atoms with Gasteiger partial charge in [-0.1, -0.05) is 129 Å². The first-order chi connectivity index (χ1) is 28.2. The Morgan fingerprint density at radius 2 is 1.32 bits per heavy atom. The van der Waals surface area contributed by atoms with Crippen LogP contribution in [0.5, 0.6) is 0 Å².